The SMILES string of the molecule is O=C(OCCN(CS)CS)c1ccncc1. The van der Waals surface area contributed by atoms with E-state index in [-0.39, 0.29) is 5.97 Å². The molecule has 0 aromatic carbocycles. The fourth-order valence-corrected chi connectivity index (χ4v) is 1.67. The molecule has 1 heterocycles. The van der Waals surface area contributed by atoms with E-state index in [9.17, 15) is 4.79 Å². The molecular formula is C10H14N2O2S2. The number of carbonyl (C=O) groups is 1. The Hall–Kier alpha value is -0.720. The van der Waals surface area contributed by atoms with Gasteiger partial charge in [-0.3, -0.25) is 9.88 Å². The summed E-state index contributed by atoms with van der Waals surface area (Å²) in [5.41, 5.74) is 0.512. The van der Waals surface area contributed by atoms with Gasteiger partial charge in [0.15, 0.2) is 0 Å². The number of carbonyl (C=O) groups excluding carboxylic acids is 1. The predicted molar refractivity (Wildman–Crippen MR) is 68.9 cm³/mol. The van der Waals surface area contributed by atoms with E-state index in [1.807, 2.05) is 4.90 Å². The monoisotopic (exact) mass is 258 g/mol. The van der Waals surface area contributed by atoms with Crippen LogP contribution in [-0.4, -0.2) is 40.8 Å². The van der Waals surface area contributed by atoms with Gasteiger partial charge >= 0.3 is 5.97 Å². The highest BCUT2D eigenvalue weighted by atomic mass is 32.1. The van der Waals surface area contributed by atoms with Gasteiger partial charge in [0.05, 0.1) is 5.56 Å². The summed E-state index contributed by atoms with van der Waals surface area (Å²) in [4.78, 5) is 17.3. The maximum absolute atomic E-state index is 11.5. The molecule has 4 nitrogen and oxygen atoms in total. The van der Waals surface area contributed by atoms with Crippen LogP contribution in [0.5, 0.6) is 0 Å². The number of hydrogen-bond acceptors (Lipinski definition) is 6. The minimum absolute atomic E-state index is 0.333. The number of thiol groups is 2. The molecule has 0 fully saturated rings. The highest BCUT2D eigenvalue weighted by Crippen LogP contribution is 2.00. The molecule has 1 aromatic heterocycles. The zero-order valence-electron chi connectivity index (χ0n) is 8.74. The minimum Gasteiger partial charge on any atom is -0.461 e. The van der Waals surface area contributed by atoms with Crippen LogP contribution in [0.15, 0.2) is 24.5 Å². The Morgan fingerprint density at radius 2 is 1.94 bits per heavy atom. The van der Waals surface area contributed by atoms with E-state index in [1.54, 1.807) is 24.5 Å². The Morgan fingerprint density at radius 1 is 1.31 bits per heavy atom. The van der Waals surface area contributed by atoms with E-state index in [0.717, 1.165) is 0 Å². The van der Waals surface area contributed by atoms with Gasteiger partial charge < -0.3 is 4.74 Å². The van der Waals surface area contributed by atoms with Crippen LogP contribution in [0.4, 0.5) is 0 Å². The van der Waals surface area contributed by atoms with Crippen molar-refractivity contribution in [1.29, 1.82) is 0 Å². The standard InChI is InChI=1S/C10H14N2O2S2/c13-10(9-1-3-11-4-2-9)14-6-5-12(7-15)8-16/h1-4,15-16H,5-8H2. The molecule has 0 saturated heterocycles. The summed E-state index contributed by atoms with van der Waals surface area (Å²) in [5.74, 6) is 0.854. The largest absolute Gasteiger partial charge is 0.461 e. The van der Waals surface area contributed by atoms with Crippen molar-refractivity contribution < 1.29 is 9.53 Å². The summed E-state index contributed by atoms with van der Waals surface area (Å²) < 4.78 is 5.09. The van der Waals surface area contributed by atoms with E-state index in [0.29, 0.717) is 30.5 Å². The van der Waals surface area contributed by atoms with Gasteiger partial charge in [-0.15, -0.1) is 0 Å². The summed E-state index contributed by atoms with van der Waals surface area (Å²) in [6, 6.07) is 3.24. The smallest absolute Gasteiger partial charge is 0.338 e. The van der Waals surface area contributed by atoms with E-state index in [2.05, 4.69) is 30.2 Å². The van der Waals surface area contributed by atoms with Crippen LogP contribution in [-0.2, 0) is 4.74 Å². The van der Waals surface area contributed by atoms with Crippen molar-refractivity contribution in [1.82, 2.24) is 9.88 Å². The molecule has 1 rings (SSSR count). The molecule has 0 spiro atoms. The Morgan fingerprint density at radius 3 is 2.50 bits per heavy atom. The summed E-state index contributed by atoms with van der Waals surface area (Å²) >= 11 is 8.24. The van der Waals surface area contributed by atoms with Crippen LogP contribution in [0.25, 0.3) is 0 Å². The Balaban J connectivity index is 2.31. The fraction of sp³-hybridized carbons (Fsp3) is 0.400. The molecule has 0 aliphatic heterocycles. The van der Waals surface area contributed by atoms with Gasteiger partial charge in [-0.05, 0) is 12.1 Å². The molecule has 0 aliphatic rings. The molecule has 0 unspecified atom stereocenters. The number of pyridine rings is 1. The average molecular weight is 258 g/mol. The third-order valence-electron chi connectivity index (χ3n) is 1.96. The van der Waals surface area contributed by atoms with Crippen molar-refractivity contribution in [3.63, 3.8) is 0 Å². The number of nitrogens with zero attached hydrogens (tertiary/aromatic N) is 2. The first kappa shape index (κ1) is 13.3. The summed E-state index contributed by atoms with van der Waals surface area (Å²) in [6.07, 6.45) is 3.12. The van der Waals surface area contributed by atoms with E-state index < -0.39 is 0 Å². The molecule has 0 bridgehead atoms. The van der Waals surface area contributed by atoms with Crippen LogP contribution in [0.3, 0.4) is 0 Å². The maximum atomic E-state index is 11.5. The highest BCUT2D eigenvalue weighted by molar-refractivity contribution is 7.81. The van der Waals surface area contributed by atoms with Crippen molar-refractivity contribution in [2.45, 2.75) is 0 Å². The zero-order chi connectivity index (χ0) is 11.8. The lowest BCUT2D eigenvalue weighted by molar-refractivity contribution is 0.0478. The zero-order valence-corrected chi connectivity index (χ0v) is 10.5. The van der Waals surface area contributed by atoms with Crippen molar-refractivity contribution >= 4 is 31.2 Å². The summed E-state index contributed by atoms with van der Waals surface area (Å²) in [6.45, 7) is 0.964. The van der Waals surface area contributed by atoms with Crippen LogP contribution in [0.1, 0.15) is 10.4 Å². The first-order chi connectivity index (χ1) is 7.77. The first-order valence-electron chi connectivity index (χ1n) is 4.79. The first-order valence-corrected chi connectivity index (χ1v) is 6.05. The number of ether oxygens (including phenoxy) is 1. The molecule has 0 saturated carbocycles. The third kappa shape index (κ3) is 4.42. The van der Waals surface area contributed by atoms with Crippen molar-refractivity contribution in [3.8, 4) is 0 Å². The van der Waals surface area contributed by atoms with Gasteiger partial charge in [-0.25, -0.2) is 4.79 Å². The topological polar surface area (TPSA) is 42.4 Å². The third-order valence-corrected chi connectivity index (χ3v) is 2.76. The normalized spacial score (nSPS) is 10.4. The molecule has 16 heavy (non-hydrogen) atoms. The van der Waals surface area contributed by atoms with E-state index in [1.165, 1.54) is 0 Å². The Labute approximate surface area is 106 Å². The lowest BCUT2D eigenvalue weighted by Crippen LogP contribution is -2.26. The lowest BCUT2D eigenvalue weighted by atomic mass is 10.3. The second-order valence-electron chi connectivity index (χ2n) is 3.05. The van der Waals surface area contributed by atoms with Crippen LogP contribution >= 0.6 is 25.3 Å². The van der Waals surface area contributed by atoms with Crippen molar-refractivity contribution in [2.75, 3.05) is 24.9 Å². The van der Waals surface area contributed by atoms with Gasteiger partial charge in [0.25, 0.3) is 0 Å². The molecule has 0 N–H and O–H groups in total. The van der Waals surface area contributed by atoms with Gasteiger partial charge in [0, 0.05) is 30.7 Å². The van der Waals surface area contributed by atoms with Gasteiger partial charge in [0.2, 0.25) is 0 Å². The van der Waals surface area contributed by atoms with Gasteiger partial charge in [-0.1, -0.05) is 0 Å². The van der Waals surface area contributed by atoms with Gasteiger partial charge in [-0.2, -0.15) is 25.3 Å². The number of rotatable bonds is 6. The molecule has 6 heteroatoms. The van der Waals surface area contributed by atoms with Crippen molar-refractivity contribution in [2.24, 2.45) is 0 Å². The maximum Gasteiger partial charge on any atom is 0.338 e. The van der Waals surface area contributed by atoms with E-state index in [4.69, 9.17) is 4.74 Å². The lowest BCUT2D eigenvalue weighted by Gasteiger charge is -2.16. The highest BCUT2D eigenvalue weighted by Gasteiger charge is 2.07. The molecular weight excluding hydrogens is 244 g/mol. The minimum atomic E-state index is -0.333. The van der Waals surface area contributed by atoms with Crippen LogP contribution < -0.4 is 0 Å². The Bertz CT molecular complexity index is 318. The van der Waals surface area contributed by atoms with Crippen molar-refractivity contribution in [3.05, 3.63) is 30.1 Å². The van der Waals surface area contributed by atoms with E-state index >= 15 is 0 Å². The second-order valence-corrected chi connectivity index (χ2v) is 3.61. The second kappa shape index (κ2) is 7.54. The van der Waals surface area contributed by atoms with Gasteiger partial charge in [0.1, 0.15) is 6.61 Å². The summed E-state index contributed by atoms with van der Waals surface area (Å²) in [7, 11) is 0. The molecule has 0 aliphatic carbocycles. The number of esters is 1. The van der Waals surface area contributed by atoms with Crippen LogP contribution in [0.2, 0.25) is 0 Å². The summed E-state index contributed by atoms with van der Waals surface area (Å²) in [5, 5.41) is 0. The number of hydrogen-bond donors (Lipinski definition) is 2. The number of aromatic nitrogens is 1. The molecule has 0 atom stereocenters. The molecule has 0 radical (unpaired) electrons. The average Bonchev–Trinajstić information content (AvgIpc) is 2.35. The molecule has 0 amide bonds. The Kier molecular flexibility index (Phi) is 6.29. The van der Waals surface area contributed by atoms with Crippen LogP contribution in [0, 0.1) is 0 Å². The fourth-order valence-electron chi connectivity index (χ4n) is 1.02. The quantitative estimate of drug-likeness (QED) is 0.459. The molecule has 1 aromatic rings. The molecule has 88 valence electrons. The predicted octanol–water partition coefficient (Wildman–Crippen LogP) is 1.31.